The van der Waals surface area contributed by atoms with Crippen molar-refractivity contribution in [3.8, 4) is 0 Å². The highest BCUT2D eigenvalue weighted by atomic mass is 15.2. The molecule has 0 fully saturated rings. The van der Waals surface area contributed by atoms with Crippen LogP contribution in [-0.2, 0) is 0 Å². The second kappa shape index (κ2) is 8.48. The van der Waals surface area contributed by atoms with Crippen molar-refractivity contribution in [2.45, 2.75) is 0 Å². The van der Waals surface area contributed by atoms with Gasteiger partial charge >= 0.3 is 0 Å². The Kier molecular flexibility index (Phi) is 4.61. The maximum Gasteiger partial charge on any atom is 0.139 e. The van der Waals surface area contributed by atoms with Crippen LogP contribution in [0.5, 0.6) is 0 Å². The molecule has 0 aliphatic rings. The molecular formula is C38H23N3. The Morgan fingerprint density at radius 2 is 0.829 bits per heavy atom. The Bertz CT molecular complexity index is 2310. The topological polar surface area (TPSA) is 29.0 Å². The molecule has 0 bridgehead atoms. The minimum Gasteiger partial charge on any atom is -0.278 e. The van der Waals surface area contributed by atoms with Gasteiger partial charge in [-0.15, -0.1) is 0 Å². The molecule has 0 atom stereocenters. The van der Waals surface area contributed by atoms with Crippen molar-refractivity contribution in [1.82, 2.24) is 9.97 Å². The number of fused-ring (bicyclic) bond motifs is 4. The largest absolute Gasteiger partial charge is 0.278 e. The summed E-state index contributed by atoms with van der Waals surface area (Å²) in [5.74, 6) is 1.68. The van der Waals surface area contributed by atoms with Gasteiger partial charge in [0.05, 0.1) is 5.69 Å². The lowest BCUT2D eigenvalue weighted by Gasteiger charge is -2.26. The third kappa shape index (κ3) is 3.26. The number of hydrogen-bond acceptors (Lipinski definition) is 3. The second-order valence-electron chi connectivity index (χ2n) is 10.7. The van der Waals surface area contributed by atoms with E-state index in [1.165, 1.54) is 43.1 Å². The zero-order chi connectivity index (χ0) is 26.9. The standard InChI is InChI=1S/C38H23N3/c1-3-10-27-22-39-35(20-25(27)8-1)41(36-21-26-9-2-4-11-28(26)23-40-36)34-19-18-32-30-15-6-13-24-12-5-14-29(37(24)30)31-16-7-17-33(34)38(31)32/h1-23H. The monoisotopic (exact) mass is 521 g/mol. The van der Waals surface area contributed by atoms with Crippen LogP contribution in [0.25, 0.3) is 64.6 Å². The molecule has 0 unspecified atom stereocenters. The fraction of sp³-hybridized carbons (Fsp3) is 0. The van der Waals surface area contributed by atoms with Gasteiger partial charge in [0.25, 0.3) is 0 Å². The van der Waals surface area contributed by atoms with Gasteiger partial charge in [0.15, 0.2) is 0 Å². The molecule has 0 aliphatic heterocycles. The Morgan fingerprint density at radius 1 is 0.366 bits per heavy atom. The number of rotatable bonds is 3. The van der Waals surface area contributed by atoms with Gasteiger partial charge in [-0.25, -0.2) is 9.97 Å². The first-order valence-corrected chi connectivity index (χ1v) is 13.9. The van der Waals surface area contributed by atoms with Crippen molar-refractivity contribution >= 4 is 82.0 Å². The predicted octanol–water partition coefficient (Wildman–Crippen LogP) is 10.3. The third-order valence-electron chi connectivity index (χ3n) is 8.43. The number of benzene rings is 7. The zero-order valence-electron chi connectivity index (χ0n) is 22.1. The highest BCUT2D eigenvalue weighted by Gasteiger charge is 2.21. The van der Waals surface area contributed by atoms with Crippen LogP contribution in [0, 0.1) is 0 Å². The average Bonchev–Trinajstić information content (AvgIpc) is 3.04. The molecule has 0 N–H and O–H groups in total. The Labute approximate surface area is 236 Å². The number of nitrogens with zero attached hydrogens (tertiary/aromatic N) is 3. The normalized spacial score (nSPS) is 11.9. The maximum absolute atomic E-state index is 4.98. The fourth-order valence-electron chi connectivity index (χ4n) is 6.58. The summed E-state index contributed by atoms with van der Waals surface area (Å²) in [4.78, 5) is 12.2. The van der Waals surface area contributed by atoms with E-state index >= 15 is 0 Å². The first-order valence-electron chi connectivity index (χ1n) is 13.9. The fourth-order valence-corrected chi connectivity index (χ4v) is 6.58. The minimum atomic E-state index is 0.838. The van der Waals surface area contributed by atoms with Crippen LogP contribution in [0.4, 0.5) is 17.3 Å². The predicted molar refractivity (Wildman–Crippen MR) is 173 cm³/mol. The average molecular weight is 522 g/mol. The summed E-state index contributed by atoms with van der Waals surface area (Å²) in [6.45, 7) is 0. The molecule has 0 amide bonds. The number of hydrogen-bond donors (Lipinski definition) is 0. The van der Waals surface area contributed by atoms with Crippen molar-refractivity contribution in [1.29, 1.82) is 0 Å². The van der Waals surface area contributed by atoms with Crippen LogP contribution in [-0.4, -0.2) is 9.97 Å². The number of aromatic nitrogens is 2. The zero-order valence-corrected chi connectivity index (χ0v) is 22.1. The lowest BCUT2D eigenvalue weighted by molar-refractivity contribution is 1.15. The van der Waals surface area contributed by atoms with E-state index < -0.39 is 0 Å². The van der Waals surface area contributed by atoms with E-state index in [1.54, 1.807) is 0 Å². The first kappa shape index (κ1) is 22.3. The second-order valence-corrected chi connectivity index (χ2v) is 10.7. The summed E-state index contributed by atoms with van der Waals surface area (Å²) in [6.07, 6.45) is 3.92. The molecule has 2 heterocycles. The lowest BCUT2D eigenvalue weighted by atomic mass is 9.89. The smallest absolute Gasteiger partial charge is 0.139 e. The van der Waals surface area contributed by atoms with E-state index in [-0.39, 0.29) is 0 Å². The van der Waals surface area contributed by atoms with E-state index in [0.717, 1.165) is 38.9 Å². The van der Waals surface area contributed by atoms with Crippen LogP contribution >= 0.6 is 0 Å². The van der Waals surface area contributed by atoms with E-state index in [0.29, 0.717) is 0 Å². The van der Waals surface area contributed by atoms with E-state index in [2.05, 4.69) is 132 Å². The number of anilines is 3. The van der Waals surface area contributed by atoms with Gasteiger partial charge in [0.1, 0.15) is 11.6 Å². The third-order valence-corrected chi connectivity index (χ3v) is 8.43. The molecule has 3 heteroatoms. The van der Waals surface area contributed by atoms with Gasteiger partial charge in [0, 0.05) is 28.6 Å². The molecule has 0 radical (unpaired) electrons. The lowest BCUT2D eigenvalue weighted by Crippen LogP contribution is -2.13. The quantitative estimate of drug-likeness (QED) is 0.171. The molecule has 0 aliphatic carbocycles. The van der Waals surface area contributed by atoms with Crippen molar-refractivity contribution in [3.63, 3.8) is 0 Å². The van der Waals surface area contributed by atoms with Gasteiger partial charge in [-0.05, 0) is 66.7 Å². The highest BCUT2D eigenvalue weighted by molar-refractivity contribution is 6.34. The summed E-state index contributed by atoms with van der Waals surface area (Å²) in [5, 5.41) is 14.7. The van der Waals surface area contributed by atoms with Gasteiger partial charge < -0.3 is 0 Å². The number of pyridine rings is 2. The molecule has 41 heavy (non-hydrogen) atoms. The van der Waals surface area contributed by atoms with Crippen molar-refractivity contribution in [2.24, 2.45) is 0 Å². The van der Waals surface area contributed by atoms with Crippen LogP contribution in [0.2, 0.25) is 0 Å². The Hall–Kier alpha value is -5.54. The molecule has 190 valence electrons. The highest BCUT2D eigenvalue weighted by Crippen LogP contribution is 2.45. The summed E-state index contributed by atoms with van der Waals surface area (Å²) < 4.78 is 0. The van der Waals surface area contributed by atoms with Gasteiger partial charge in [0.2, 0.25) is 0 Å². The molecule has 2 aromatic heterocycles. The van der Waals surface area contributed by atoms with Crippen LogP contribution < -0.4 is 4.90 Å². The van der Waals surface area contributed by atoms with Gasteiger partial charge in [-0.1, -0.05) is 109 Å². The van der Waals surface area contributed by atoms with E-state index in [1.807, 2.05) is 12.4 Å². The summed E-state index contributed by atoms with van der Waals surface area (Å²) in [5.41, 5.74) is 1.06. The maximum atomic E-state index is 4.98. The summed E-state index contributed by atoms with van der Waals surface area (Å²) in [6, 6.07) is 45.5. The van der Waals surface area contributed by atoms with Gasteiger partial charge in [-0.2, -0.15) is 0 Å². The first-order chi connectivity index (χ1) is 20.3. The Morgan fingerprint density at radius 3 is 1.44 bits per heavy atom. The van der Waals surface area contributed by atoms with Crippen LogP contribution in [0.3, 0.4) is 0 Å². The molecule has 0 saturated heterocycles. The summed E-state index contributed by atoms with van der Waals surface area (Å²) in [7, 11) is 0. The SMILES string of the molecule is c1ccc2cc(N(c3cc4ccccc4cn3)c3ccc4c5cccc6cccc(c7cccc3c74)c65)ncc2c1. The van der Waals surface area contributed by atoms with Crippen LogP contribution in [0.1, 0.15) is 0 Å². The molecule has 0 saturated carbocycles. The molecule has 0 spiro atoms. The molecule has 3 nitrogen and oxygen atoms in total. The van der Waals surface area contributed by atoms with Crippen molar-refractivity contribution in [3.05, 3.63) is 140 Å². The Balaban J connectivity index is 1.39. The molecule has 7 aromatic carbocycles. The summed E-state index contributed by atoms with van der Waals surface area (Å²) >= 11 is 0. The van der Waals surface area contributed by atoms with E-state index in [4.69, 9.17) is 9.97 Å². The molecule has 9 rings (SSSR count). The van der Waals surface area contributed by atoms with Gasteiger partial charge in [-0.3, -0.25) is 4.90 Å². The minimum absolute atomic E-state index is 0.838. The van der Waals surface area contributed by atoms with Crippen molar-refractivity contribution < 1.29 is 0 Å². The van der Waals surface area contributed by atoms with Crippen LogP contribution in [0.15, 0.2) is 140 Å². The molecule has 9 aromatic rings. The molecular weight excluding hydrogens is 498 g/mol. The van der Waals surface area contributed by atoms with Crippen molar-refractivity contribution in [2.75, 3.05) is 4.90 Å². The van der Waals surface area contributed by atoms with E-state index in [9.17, 15) is 0 Å².